The summed E-state index contributed by atoms with van der Waals surface area (Å²) in [5.74, 6) is 0.574. The zero-order valence-corrected chi connectivity index (χ0v) is 13.0. The van der Waals surface area contributed by atoms with Gasteiger partial charge in [0.05, 0.1) is 12.1 Å². The van der Waals surface area contributed by atoms with Crippen molar-refractivity contribution in [1.82, 2.24) is 5.32 Å². The molecule has 0 radical (unpaired) electrons. The minimum Gasteiger partial charge on any atom is -0.381 e. The molecule has 0 amide bonds. The maximum atomic E-state index is 6.04. The van der Waals surface area contributed by atoms with Crippen molar-refractivity contribution >= 4 is 5.96 Å². The van der Waals surface area contributed by atoms with Crippen molar-refractivity contribution in [2.45, 2.75) is 64.6 Å². The largest absolute Gasteiger partial charge is 0.381 e. The van der Waals surface area contributed by atoms with E-state index in [0.717, 1.165) is 45.5 Å². The summed E-state index contributed by atoms with van der Waals surface area (Å²) in [4.78, 5) is 4.73. The summed E-state index contributed by atoms with van der Waals surface area (Å²) in [6.45, 7) is 8.71. The highest BCUT2D eigenvalue weighted by Gasteiger charge is 2.56. The standard InChI is InChI=1S/C15H29N3O2/c1-4-11(3)17-14(16)18-12-10-13(20-5-2)15(12)6-8-19-9-7-15/h11-13H,4-10H2,1-3H3,(H3,16,17,18). The van der Waals surface area contributed by atoms with Gasteiger partial charge in [-0.1, -0.05) is 6.92 Å². The number of aliphatic imine (C=N–C) groups is 1. The molecular weight excluding hydrogens is 254 g/mol. The zero-order chi connectivity index (χ0) is 14.6. The monoisotopic (exact) mass is 283 g/mol. The number of rotatable bonds is 5. The van der Waals surface area contributed by atoms with E-state index in [-0.39, 0.29) is 11.5 Å². The second-order valence-corrected chi connectivity index (χ2v) is 6.01. The second-order valence-electron chi connectivity index (χ2n) is 6.01. The van der Waals surface area contributed by atoms with E-state index in [2.05, 4.69) is 26.1 Å². The van der Waals surface area contributed by atoms with Crippen LogP contribution in [0, 0.1) is 5.41 Å². The van der Waals surface area contributed by atoms with Crippen LogP contribution in [0.5, 0.6) is 0 Å². The smallest absolute Gasteiger partial charge is 0.189 e. The fourth-order valence-corrected chi connectivity index (χ4v) is 3.31. The highest BCUT2D eigenvalue weighted by Crippen LogP contribution is 2.52. The van der Waals surface area contributed by atoms with Gasteiger partial charge in [0.1, 0.15) is 0 Å². The molecule has 2 fully saturated rings. The molecule has 1 saturated carbocycles. The number of hydrogen-bond acceptors (Lipinski definition) is 3. The van der Waals surface area contributed by atoms with Crippen LogP contribution < -0.4 is 11.1 Å². The normalized spacial score (nSPS) is 30.9. The topological polar surface area (TPSA) is 68.9 Å². The lowest BCUT2D eigenvalue weighted by Gasteiger charge is -2.55. The van der Waals surface area contributed by atoms with Crippen LogP contribution in [-0.2, 0) is 9.47 Å². The van der Waals surface area contributed by atoms with Crippen molar-refractivity contribution in [3.05, 3.63) is 0 Å². The van der Waals surface area contributed by atoms with Gasteiger partial charge in [-0.2, -0.15) is 0 Å². The first-order chi connectivity index (χ1) is 9.62. The lowest BCUT2D eigenvalue weighted by Crippen LogP contribution is -2.60. The van der Waals surface area contributed by atoms with Crippen LogP contribution in [0.1, 0.15) is 46.5 Å². The summed E-state index contributed by atoms with van der Waals surface area (Å²) in [6.07, 6.45) is 4.41. The summed E-state index contributed by atoms with van der Waals surface area (Å²) in [5, 5.41) is 3.25. The second kappa shape index (κ2) is 6.76. The van der Waals surface area contributed by atoms with Crippen molar-refractivity contribution in [3.8, 4) is 0 Å². The molecule has 2 aliphatic rings. The Morgan fingerprint density at radius 2 is 2.15 bits per heavy atom. The van der Waals surface area contributed by atoms with Gasteiger partial charge < -0.3 is 20.5 Å². The van der Waals surface area contributed by atoms with Gasteiger partial charge in [-0.3, -0.25) is 0 Å². The average Bonchev–Trinajstić information content (AvgIpc) is 2.47. The number of nitrogens with one attached hydrogen (secondary N) is 1. The van der Waals surface area contributed by atoms with Gasteiger partial charge in [0.25, 0.3) is 0 Å². The number of hydrogen-bond donors (Lipinski definition) is 2. The van der Waals surface area contributed by atoms with Crippen LogP contribution in [0.2, 0.25) is 0 Å². The molecule has 0 aromatic rings. The van der Waals surface area contributed by atoms with Crippen LogP contribution in [0.25, 0.3) is 0 Å². The molecule has 1 aliphatic heterocycles. The van der Waals surface area contributed by atoms with Gasteiger partial charge in [-0.05, 0) is 39.5 Å². The highest BCUT2D eigenvalue weighted by molar-refractivity contribution is 5.78. The third-order valence-corrected chi connectivity index (χ3v) is 4.84. The van der Waals surface area contributed by atoms with Crippen molar-refractivity contribution < 1.29 is 9.47 Å². The summed E-state index contributed by atoms with van der Waals surface area (Å²) in [7, 11) is 0. The molecule has 0 aromatic heterocycles. The van der Waals surface area contributed by atoms with E-state index in [0.29, 0.717) is 18.1 Å². The van der Waals surface area contributed by atoms with E-state index in [1.54, 1.807) is 0 Å². The van der Waals surface area contributed by atoms with E-state index in [4.69, 9.17) is 20.2 Å². The average molecular weight is 283 g/mol. The summed E-state index contributed by atoms with van der Waals surface area (Å²) < 4.78 is 11.4. The Balaban J connectivity index is 2.02. The molecule has 20 heavy (non-hydrogen) atoms. The SMILES string of the molecule is CCOC1CC(N=C(N)NC(C)CC)C12CCOCC2. The summed E-state index contributed by atoms with van der Waals surface area (Å²) in [5.41, 5.74) is 6.19. The first kappa shape index (κ1) is 15.6. The molecule has 5 heteroatoms. The van der Waals surface area contributed by atoms with Gasteiger partial charge >= 0.3 is 0 Å². The van der Waals surface area contributed by atoms with Crippen LogP contribution in [0.3, 0.4) is 0 Å². The van der Waals surface area contributed by atoms with Crippen molar-refractivity contribution in [2.24, 2.45) is 16.1 Å². The Morgan fingerprint density at radius 3 is 2.75 bits per heavy atom. The Bertz CT molecular complexity index is 340. The molecule has 1 aliphatic carbocycles. The lowest BCUT2D eigenvalue weighted by molar-refractivity contribution is -0.163. The molecule has 0 bridgehead atoms. The minimum atomic E-state index is 0.149. The Kier molecular flexibility index (Phi) is 5.27. The van der Waals surface area contributed by atoms with Gasteiger partial charge in [-0.25, -0.2) is 4.99 Å². The molecule has 116 valence electrons. The van der Waals surface area contributed by atoms with Crippen molar-refractivity contribution in [1.29, 1.82) is 0 Å². The Labute approximate surface area is 122 Å². The van der Waals surface area contributed by atoms with Gasteiger partial charge in [0, 0.05) is 31.3 Å². The first-order valence-electron chi connectivity index (χ1n) is 7.91. The highest BCUT2D eigenvalue weighted by atomic mass is 16.5. The van der Waals surface area contributed by atoms with E-state index in [1.165, 1.54) is 0 Å². The fourth-order valence-electron chi connectivity index (χ4n) is 3.31. The quantitative estimate of drug-likeness (QED) is 0.595. The Morgan fingerprint density at radius 1 is 1.45 bits per heavy atom. The van der Waals surface area contributed by atoms with E-state index in [9.17, 15) is 0 Å². The fraction of sp³-hybridized carbons (Fsp3) is 0.933. The summed E-state index contributed by atoms with van der Waals surface area (Å²) >= 11 is 0. The number of guanidine groups is 1. The molecule has 5 nitrogen and oxygen atoms in total. The molecule has 3 atom stereocenters. The van der Waals surface area contributed by atoms with Crippen LogP contribution in [0.15, 0.2) is 4.99 Å². The molecule has 0 aromatic carbocycles. The minimum absolute atomic E-state index is 0.149. The third-order valence-electron chi connectivity index (χ3n) is 4.84. The van der Waals surface area contributed by atoms with E-state index >= 15 is 0 Å². The van der Waals surface area contributed by atoms with Gasteiger partial charge in [0.15, 0.2) is 5.96 Å². The van der Waals surface area contributed by atoms with Crippen LogP contribution in [-0.4, -0.2) is 44.0 Å². The molecule has 1 heterocycles. The predicted octanol–water partition coefficient (Wildman–Crippen LogP) is 1.66. The molecule has 1 saturated heterocycles. The predicted molar refractivity (Wildman–Crippen MR) is 80.8 cm³/mol. The molecule has 3 N–H and O–H groups in total. The number of nitrogens with two attached hydrogens (primary N) is 1. The first-order valence-corrected chi connectivity index (χ1v) is 7.91. The molecule has 3 unspecified atom stereocenters. The van der Waals surface area contributed by atoms with E-state index < -0.39 is 0 Å². The molecule has 2 rings (SSSR count). The molecule has 1 spiro atoms. The zero-order valence-electron chi connectivity index (χ0n) is 13.0. The van der Waals surface area contributed by atoms with Gasteiger partial charge in [0.2, 0.25) is 0 Å². The van der Waals surface area contributed by atoms with Gasteiger partial charge in [-0.15, -0.1) is 0 Å². The van der Waals surface area contributed by atoms with Crippen LogP contribution in [0.4, 0.5) is 0 Å². The van der Waals surface area contributed by atoms with Crippen molar-refractivity contribution in [2.75, 3.05) is 19.8 Å². The van der Waals surface area contributed by atoms with E-state index in [1.807, 2.05) is 0 Å². The number of ether oxygens (including phenoxy) is 2. The Hall–Kier alpha value is -0.810. The van der Waals surface area contributed by atoms with Crippen molar-refractivity contribution in [3.63, 3.8) is 0 Å². The maximum absolute atomic E-state index is 6.04. The molecular formula is C15H29N3O2. The third kappa shape index (κ3) is 3.09. The summed E-state index contributed by atoms with van der Waals surface area (Å²) in [6, 6.07) is 0.645. The lowest BCUT2D eigenvalue weighted by atomic mass is 9.58. The van der Waals surface area contributed by atoms with Crippen LogP contribution >= 0.6 is 0 Å². The maximum Gasteiger partial charge on any atom is 0.189 e. The number of nitrogens with zero attached hydrogens (tertiary/aromatic N) is 1.